The average Bonchev–Trinajstić information content (AvgIpc) is 3.17. The number of nitrogens with zero attached hydrogens (tertiary/aromatic N) is 4. The molecule has 3 heterocycles. The summed E-state index contributed by atoms with van der Waals surface area (Å²) in [6, 6.07) is 13.8. The van der Waals surface area contributed by atoms with Gasteiger partial charge in [0.25, 0.3) is 0 Å². The van der Waals surface area contributed by atoms with Gasteiger partial charge >= 0.3 is 0 Å². The number of nitrogens with one attached hydrogen (secondary N) is 1. The summed E-state index contributed by atoms with van der Waals surface area (Å²) >= 11 is 1.59. The first kappa shape index (κ1) is 16.3. The van der Waals surface area contributed by atoms with E-state index in [9.17, 15) is 4.39 Å². The molecule has 0 bridgehead atoms. The number of pyridine rings is 1. The molecule has 5 nitrogen and oxygen atoms in total. The van der Waals surface area contributed by atoms with Crippen molar-refractivity contribution in [3.8, 4) is 21.8 Å². The van der Waals surface area contributed by atoms with Crippen molar-refractivity contribution in [1.82, 2.24) is 20.2 Å². The van der Waals surface area contributed by atoms with Gasteiger partial charge in [-0.05, 0) is 48.5 Å². The summed E-state index contributed by atoms with van der Waals surface area (Å²) in [6.07, 6.45) is 3.51. The van der Waals surface area contributed by atoms with Gasteiger partial charge in [0.05, 0.1) is 17.9 Å². The summed E-state index contributed by atoms with van der Waals surface area (Å²) in [5.41, 5.74) is 3.52. The molecule has 0 radical (unpaired) electrons. The van der Waals surface area contributed by atoms with Crippen LogP contribution in [0.4, 0.5) is 10.2 Å². The largest absolute Gasteiger partial charge is 0.363 e. The molecule has 0 saturated carbocycles. The zero-order valence-electron chi connectivity index (χ0n) is 13.6. The smallest absolute Gasteiger partial charge is 0.149 e. The van der Waals surface area contributed by atoms with Crippen molar-refractivity contribution in [3.63, 3.8) is 0 Å². The molecular weight excluding hydrogens is 349 g/mol. The van der Waals surface area contributed by atoms with Gasteiger partial charge in [-0.15, -0.1) is 21.5 Å². The molecular formula is C19H14FN5S. The van der Waals surface area contributed by atoms with Crippen LogP contribution in [-0.4, -0.2) is 20.2 Å². The van der Waals surface area contributed by atoms with Crippen LogP contribution in [0.15, 0.2) is 66.3 Å². The molecule has 0 aliphatic carbocycles. The van der Waals surface area contributed by atoms with E-state index in [2.05, 4.69) is 25.5 Å². The summed E-state index contributed by atoms with van der Waals surface area (Å²) in [5.74, 6) is 0.392. The Bertz CT molecular complexity index is 985. The van der Waals surface area contributed by atoms with Crippen LogP contribution in [0.2, 0.25) is 0 Å². The average molecular weight is 363 g/mol. The molecule has 0 unspecified atom stereocenters. The van der Waals surface area contributed by atoms with E-state index in [4.69, 9.17) is 0 Å². The van der Waals surface area contributed by atoms with Crippen molar-refractivity contribution in [3.05, 3.63) is 77.8 Å². The summed E-state index contributed by atoms with van der Waals surface area (Å²) < 4.78 is 13.0. The lowest BCUT2D eigenvalue weighted by molar-refractivity contribution is 0.628. The fourth-order valence-corrected chi connectivity index (χ4v) is 3.22. The van der Waals surface area contributed by atoms with Crippen molar-refractivity contribution in [2.75, 3.05) is 5.32 Å². The second-order valence-corrected chi connectivity index (χ2v) is 6.40. The van der Waals surface area contributed by atoms with Gasteiger partial charge in [0.2, 0.25) is 0 Å². The maximum atomic E-state index is 13.0. The van der Waals surface area contributed by atoms with Gasteiger partial charge in [0.15, 0.2) is 0 Å². The van der Waals surface area contributed by atoms with Crippen LogP contribution in [0.5, 0.6) is 0 Å². The first-order valence-corrected chi connectivity index (χ1v) is 8.84. The van der Waals surface area contributed by atoms with Crippen molar-refractivity contribution in [2.24, 2.45) is 0 Å². The molecule has 1 aromatic carbocycles. The maximum absolute atomic E-state index is 13.0. The zero-order chi connectivity index (χ0) is 17.8. The Morgan fingerprint density at radius 2 is 1.69 bits per heavy atom. The highest BCUT2D eigenvalue weighted by atomic mass is 32.1. The predicted octanol–water partition coefficient (Wildman–Crippen LogP) is 4.41. The molecule has 0 amide bonds. The minimum Gasteiger partial charge on any atom is -0.363 e. The third kappa shape index (κ3) is 3.73. The lowest BCUT2D eigenvalue weighted by atomic mass is 10.1. The highest BCUT2D eigenvalue weighted by molar-refractivity contribution is 7.13. The standard InChI is InChI=1S/C19H14FN5S/c20-15-3-1-13(2-4-15)17-5-6-18(25-24-17)22-11-16-12-26-19(23-16)14-7-9-21-10-8-14/h1-10,12H,11H2,(H,22,25). The first-order chi connectivity index (χ1) is 12.8. The number of hydrogen-bond donors (Lipinski definition) is 1. The van der Waals surface area contributed by atoms with Crippen LogP contribution in [0.25, 0.3) is 21.8 Å². The van der Waals surface area contributed by atoms with E-state index < -0.39 is 0 Å². The van der Waals surface area contributed by atoms with E-state index in [1.54, 1.807) is 35.9 Å². The lowest BCUT2D eigenvalue weighted by Crippen LogP contribution is -2.03. The monoisotopic (exact) mass is 363 g/mol. The number of benzene rings is 1. The van der Waals surface area contributed by atoms with E-state index in [0.717, 1.165) is 21.8 Å². The summed E-state index contributed by atoms with van der Waals surface area (Å²) in [4.78, 5) is 8.63. The first-order valence-electron chi connectivity index (χ1n) is 7.96. The molecule has 0 aliphatic heterocycles. The van der Waals surface area contributed by atoms with Crippen LogP contribution in [0.3, 0.4) is 0 Å². The Hall–Kier alpha value is -3.19. The molecule has 1 N–H and O–H groups in total. The van der Waals surface area contributed by atoms with Crippen molar-refractivity contribution < 1.29 is 4.39 Å². The fraction of sp³-hybridized carbons (Fsp3) is 0.0526. The molecule has 0 atom stereocenters. The van der Waals surface area contributed by atoms with Crippen molar-refractivity contribution in [1.29, 1.82) is 0 Å². The molecule has 26 heavy (non-hydrogen) atoms. The van der Waals surface area contributed by atoms with E-state index in [0.29, 0.717) is 18.1 Å². The second kappa shape index (κ2) is 7.37. The predicted molar refractivity (Wildman–Crippen MR) is 100 cm³/mol. The fourth-order valence-electron chi connectivity index (χ4n) is 2.40. The minimum atomic E-state index is -0.269. The molecule has 128 valence electrons. The highest BCUT2D eigenvalue weighted by Gasteiger charge is 2.06. The molecule has 0 fully saturated rings. The van der Waals surface area contributed by atoms with Gasteiger partial charge in [-0.25, -0.2) is 9.37 Å². The van der Waals surface area contributed by atoms with Crippen LogP contribution >= 0.6 is 11.3 Å². The van der Waals surface area contributed by atoms with Gasteiger partial charge in [-0.2, -0.15) is 0 Å². The molecule has 0 aliphatic rings. The van der Waals surface area contributed by atoms with Crippen LogP contribution in [0.1, 0.15) is 5.69 Å². The summed E-state index contributed by atoms with van der Waals surface area (Å²) in [7, 11) is 0. The third-order valence-corrected chi connectivity index (χ3v) is 4.67. The molecule has 4 rings (SSSR count). The van der Waals surface area contributed by atoms with Crippen LogP contribution < -0.4 is 5.32 Å². The van der Waals surface area contributed by atoms with Crippen molar-refractivity contribution in [2.45, 2.75) is 6.54 Å². The SMILES string of the molecule is Fc1ccc(-c2ccc(NCc3csc(-c4ccncc4)n3)nn2)cc1. The quantitative estimate of drug-likeness (QED) is 0.569. The minimum absolute atomic E-state index is 0.269. The molecule has 4 aromatic rings. The van der Waals surface area contributed by atoms with E-state index in [-0.39, 0.29) is 5.82 Å². The summed E-state index contributed by atoms with van der Waals surface area (Å²) in [5, 5.41) is 14.5. The molecule has 7 heteroatoms. The Balaban J connectivity index is 1.41. The Morgan fingerprint density at radius 1 is 0.885 bits per heavy atom. The lowest BCUT2D eigenvalue weighted by Gasteiger charge is -2.04. The number of rotatable bonds is 5. The molecule has 0 spiro atoms. The van der Waals surface area contributed by atoms with E-state index in [1.165, 1.54) is 12.1 Å². The van der Waals surface area contributed by atoms with Crippen LogP contribution in [-0.2, 0) is 6.54 Å². The molecule has 0 saturated heterocycles. The summed E-state index contributed by atoms with van der Waals surface area (Å²) in [6.45, 7) is 0.562. The van der Waals surface area contributed by atoms with Gasteiger partial charge in [-0.3, -0.25) is 4.98 Å². The van der Waals surface area contributed by atoms with Gasteiger partial charge in [-0.1, -0.05) is 0 Å². The van der Waals surface area contributed by atoms with Crippen LogP contribution in [0, 0.1) is 5.82 Å². The number of aromatic nitrogens is 4. The zero-order valence-corrected chi connectivity index (χ0v) is 14.4. The Morgan fingerprint density at radius 3 is 2.42 bits per heavy atom. The second-order valence-electron chi connectivity index (χ2n) is 5.54. The van der Waals surface area contributed by atoms with Gasteiger partial charge in [0.1, 0.15) is 16.6 Å². The number of hydrogen-bond acceptors (Lipinski definition) is 6. The Kier molecular flexibility index (Phi) is 4.61. The Labute approximate surface area is 153 Å². The van der Waals surface area contributed by atoms with E-state index >= 15 is 0 Å². The van der Waals surface area contributed by atoms with Crippen molar-refractivity contribution >= 4 is 17.2 Å². The number of thiazole rings is 1. The van der Waals surface area contributed by atoms with Gasteiger partial charge in [0, 0.05) is 28.9 Å². The van der Waals surface area contributed by atoms with Gasteiger partial charge < -0.3 is 5.32 Å². The highest BCUT2D eigenvalue weighted by Crippen LogP contribution is 2.23. The van der Waals surface area contributed by atoms with E-state index in [1.807, 2.05) is 29.6 Å². The number of halogens is 1. The number of anilines is 1. The molecule has 3 aromatic heterocycles. The topological polar surface area (TPSA) is 63.6 Å². The maximum Gasteiger partial charge on any atom is 0.149 e. The third-order valence-electron chi connectivity index (χ3n) is 3.73. The normalized spacial score (nSPS) is 10.7.